The van der Waals surface area contributed by atoms with Gasteiger partial charge >= 0.3 is 0 Å². The van der Waals surface area contributed by atoms with E-state index in [1.54, 1.807) is 31.2 Å². The van der Waals surface area contributed by atoms with Crippen molar-refractivity contribution in [1.82, 2.24) is 10.2 Å². The molecule has 2 aromatic carbocycles. The van der Waals surface area contributed by atoms with Gasteiger partial charge in [-0.25, -0.2) is 8.42 Å². The Morgan fingerprint density at radius 2 is 1.94 bits per heavy atom. The van der Waals surface area contributed by atoms with Crippen molar-refractivity contribution in [2.75, 3.05) is 21.1 Å². The molecule has 1 aliphatic heterocycles. The zero-order valence-corrected chi connectivity index (χ0v) is 18.7. The molecule has 0 saturated heterocycles. The number of nitrogens with one attached hydrogen (secondary N) is 1. The largest absolute Gasteiger partial charge is 0.411 e. The molecule has 0 aliphatic carbocycles. The summed E-state index contributed by atoms with van der Waals surface area (Å²) in [5.41, 5.74) is 3.27. The molecule has 3 aromatic rings. The van der Waals surface area contributed by atoms with Gasteiger partial charge in [0.1, 0.15) is 0 Å². The van der Waals surface area contributed by atoms with Crippen LogP contribution >= 0.6 is 11.8 Å². The van der Waals surface area contributed by atoms with Gasteiger partial charge in [-0.1, -0.05) is 30.0 Å². The van der Waals surface area contributed by atoms with Crippen LogP contribution in [0.1, 0.15) is 19.4 Å². The molecular formula is C21H22N4O4S2. The average molecular weight is 459 g/mol. The topological polar surface area (TPSA) is 105 Å². The lowest BCUT2D eigenvalue weighted by Crippen LogP contribution is -2.36. The minimum atomic E-state index is -3.33. The third-order valence-corrected chi connectivity index (χ3v) is 7.10. The molecule has 0 saturated carbocycles. The third kappa shape index (κ3) is 4.75. The molecule has 8 nitrogen and oxygen atoms in total. The molecule has 2 heterocycles. The van der Waals surface area contributed by atoms with E-state index in [1.165, 1.54) is 17.3 Å². The van der Waals surface area contributed by atoms with Crippen LogP contribution in [0.2, 0.25) is 0 Å². The van der Waals surface area contributed by atoms with Gasteiger partial charge in [-0.05, 0) is 56.2 Å². The van der Waals surface area contributed by atoms with Crippen LogP contribution in [0.25, 0.3) is 11.5 Å². The van der Waals surface area contributed by atoms with Crippen molar-refractivity contribution in [2.45, 2.75) is 31.5 Å². The third-order valence-electron chi connectivity index (χ3n) is 4.99. The lowest BCUT2D eigenvalue weighted by molar-refractivity contribution is -0.116. The first kappa shape index (κ1) is 21.4. The molecule has 0 radical (unpaired) electrons. The SMILES string of the molecule is CCS(=O)(=O)Nc1ccc(-c2nnc(SCC(=O)N3c4ccccc4C[C@H]3C)o2)cc1. The number of benzene rings is 2. The first-order valence-electron chi connectivity index (χ1n) is 9.83. The van der Waals surface area contributed by atoms with Gasteiger partial charge < -0.3 is 9.32 Å². The summed E-state index contributed by atoms with van der Waals surface area (Å²) in [5.74, 6) is 0.492. The Hall–Kier alpha value is -2.85. The maximum Gasteiger partial charge on any atom is 0.277 e. The number of para-hydroxylation sites is 1. The van der Waals surface area contributed by atoms with E-state index < -0.39 is 10.0 Å². The predicted octanol–water partition coefficient (Wildman–Crippen LogP) is 3.57. The number of hydrogen-bond donors (Lipinski definition) is 1. The number of aromatic nitrogens is 2. The van der Waals surface area contributed by atoms with E-state index in [9.17, 15) is 13.2 Å². The van der Waals surface area contributed by atoms with Gasteiger partial charge in [-0.2, -0.15) is 0 Å². The number of carbonyl (C=O) groups is 1. The molecule has 31 heavy (non-hydrogen) atoms. The minimum absolute atomic E-state index is 0.000490. The fraction of sp³-hybridized carbons (Fsp3) is 0.286. The second-order valence-electron chi connectivity index (χ2n) is 7.19. The van der Waals surface area contributed by atoms with Crippen molar-refractivity contribution in [3.8, 4) is 11.5 Å². The Morgan fingerprint density at radius 3 is 2.68 bits per heavy atom. The van der Waals surface area contributed by atoms with Crippen LogP contribution in [0.15, 0.2) is 58.2 Å². The number of amides is 1. The molecule has 0 fully saturated rings. The van der Waals surface area contributed by atoms with Crippen molar-refractivity contribution in [3.05, 3.63) is 54.1 Å². The summed E-state index contributed by atoms with van der Waals surface area (Å²) in [6.45, 7) is 3.61. The Balaban J connectivity index is 1.39. The fourth-order valence-corrected chi connectivity index (χ4v) is 4.72. The molecule has 1 N–H and O–H groups in total. The molecule has 1 aliphatic rings. The van der Waals surface area contributed by atoms with E-state index in [4.69, 9.17) is 4.42 Å². The van der Waals surface area contributed by atoms with Crippen LogP contribution < -0.4 is 9.62 Å². The van der Waals surface area contributed by atoms with Crippen LogP contribution in [0.3, 0.4) is 0 Å². The second kappa shape index (κ2) is 8.72. The van der Waals surface area contributed by atoms with E-state index in [0.29, 0.717) is 22.4 Å². The van der Waals surface area contributed by atoms with Gasteiger partial charge in [0.05, 0.1) is 11.5 Å². The zero-order valence-electron chi connectivity index (χ0n) is 17.1. The van der Waals surface area contributed by atoms with Crippen molar-refractivity contribution < 1.29 is 17.6 Å². The Kier molecular flexibility index (Phi) is 6.01. The first-order chi connectivity index (χ1) is 14.9. The van der Waals surface area contributed by atoms with Crippen LogP contribution in [0.4, 0.5) is 11.4 Å². The van der Waals surface area contributed by atoms with E-state index in [2.05, 4.69) is 21.0 Å². The van der Waals surface area contributed by atoms with Crippen molar-refractivity contribution >= 4 is 39.1 Å². The van der Waals surface area contributed by atoms with Gasteiger partial charge in [0.15, 0.2) is 0 Å². The van der Waals surface area contributed by atoms with Gasteiger partial charge in [-0.15, -0.1) is 10.2 Å². The van der Waals surface area contributed by atoms with E-state index in [1.807, 2.05) is 30.0 Å². The van der Waals surface area contributed by atoms with Crippen LogP contribution in [0.5, 0.6) is 0 Å². The smallest absolute Gasteiger partial charge is 0.277 e. The number of fused-ring (bicyclic) bond motifs is 1. The van der Waals surface area contributed by atoms with Crippen LogP contribution in [-0.4, -0.2) is 42.1 Å². The van der Waals surface area contributed by atoms with E-state index in [0.717, 1.165) is 12.1 Å². The number of rotatable bonds is 7. The number of hydrogen-bond acceptors (Lipinski definition) is 7. The fourth-order valence-electron chi connectivity index (χ4n) is 3.46. The van der Waals surface area contributed by atoms with Crippen LogP contribution in [-0.2, 0) is 21.2 Å². The summed E-state index contributed by atoms with van der Waals surface area (Å²) >= 11 is 1.20. The highest BCUT2D eigenvalue weighted by molar-refractivity contribution is 7.99. The molecule has 162 valence electrons. The summed E-state index contributed by atoms with van der Waals surface area (Å²) < 4.78 is 31.5. The molecule has 0 unspecified atom stereocenters. The van der Waals surface area contributed by atoms with E-state index >= 15 is 0 Å². The molecule has 1 amide bonds. The summed E-state index contributed by atoms with van der Waals surface area (Å²) in [7, 11) is -3.33. The second-order valence-corrected chi connectivity index (χ2v) is 10.1. The number of anilines is 2. The minimum Gasteiger partial charge on any atom is -0.411 e. The average Bonchev–Trinajstić information content (AvgIpc) is 3.36. The summed E-state index contributed by atoms with van der Waals surface area (Å²) in [4.78, 5) is 14.6. The zero-order chi connectivity index (χ0) is 22.0. The van der Waals surface area contributed by atoms with Gasteiger partial charge in [0.2, 0.25) is 21.8 Å². The number of thioether (sulfide) groups is 1. The number of nitrogens with zero attached hydrogens (tertiary/aromatic N) is 3. The van der Waals surface area contributed by atoms with Gasteiger partial charge in [0.25, 0.3) is 5.22 Å². The molecule has 0 spiro atoms. The Bertz CT molecular complexity index is 1190. The molecule has 0 bridgehead atoms. The Morgan fingerprint density at radius 1 is 1.19 bits per heavy atom. The van der Waals surface area contributed by atoms with Crippen molar-refractivity contribution in [3.63, 3.8) is 0 Å². The highest BCUT2D eigenvalue weighted by atomic mass is 32.2. The highest BCUT2D eigenvalue weighted by Gasteiger charge is 2.30. The standard InChI is InChI=1S/C21H22N4O4S2/c1-3-31(27,28)24-17-10-8-15(9-11-17)20-22-23-21(29-20)30-13-19(26)25-14(2)12-16-6-4-5-7-18(16)25/h4-11,14,24H,3,12-13H2,1-2H3/t14-/m1/s1. The van der Waals surface area contributed by atoms with Crippen molar-refractivity contribution in [2.24, 2.45) is 0 Å². The number of carbonyl (C=O) groups excluding carboxylic acids is 1. The predicted molar refractivity (Wildman–Crippen MR) is 121 cm³/mol. The van der Waals surface area contributed by atoms with Crippen molar-refractivity contribution in [1.29, 1.82) is 0 Å². The molecule has 1 aromatic heterocycles. The number of sulfonamides is 1. The first-order valence-corrected chi connectivity index (χ1v) is 12.5. The molecular weight excluding hydrogens is 436 g/mol. The summed E-state index contributed by atoms with van der Waals surface area (Å²) in [5, 5.41) is 8.35. The van der Waals surface area contributed by atoms with Gasteiger partial charge in [0, 0.05) is 23.0 Å². The summed E-state index contributed by atoms with van der Waals surface area (Å²) in [6.07, 6.45) is 0.849. The maximum atomic E-state index is 12.8. The quantitative estimate of drug-likeness (QED) is 0.540. The summed E-state index contributed by atoms with van der Waals surface area (Å²) in [6, 6.07) is 14.7. The molecule has 4 rings (SSSR count). The monoisotopic (exact) mass is 458 g/mol. The lowest BCUT2D eigenvalue weighted by Gasteiger charge is -2.22. The van der Waals surface area contributed by atoms with E-state index in [-0.39, 0.29) is 23.5 Å². The molecule has 1 atom stereocenters. The normalized spacial score (nSPS) is 15.7. The van der Waals surface area contributed by atoms with Crippen LogP contribution in [0, 0.1) is 0 Å². The lowest BCUT2D eigenvalue weighted by atomic mass is 10.1. The molecule has 10 heteroatoms. The maximum absolute atomic E-state index is 12.8. The highest BCUT2D eigenvalue weighted by Crippen LogP contribution is 2.33. The Labute approximate surface area is 185 Å². The van der Waals surface area contributed by atoms with Gasteiger partial charge in [-0.3, -0.25) is 9.52 Å².